The zero-order valence-electron chi connectivity index (χ0n) is 8.83. The molecule has 0 atom stereocenters. The van der Waals surface area contributed by atoms with E-state index in [0.717, 1.165) is 0 Å². The van der Waals surface area contributed by atoms with Gasteiger partial charge in [0.2, 0.25) is 11.6 Å². The van der Waals surface area contributed by atoms with Crippen molar-refractivity contribution in [2.75, 3.05) is 0 Å². The molecular formula is C11H18O2. The van der Waals surface area contributed by atoms with Crippen LogP contribution in [0.1, 0.15) is 34.1 Å². The summed E-state index contributed by atoms with van der Waals surface area (Å²) in [6.07, 6.45) is 6.85. The summed E-state index contributed by atoms with van der Waals surface area (Å²) in [5.74, 6) is -0.875. The van der Waals surface area contributed by atoms with Crippen molar-refractivity contribution in [1.82, 2.24) is 0 Å². The Hall–Kier alpha value is -1.18. The van der Waals surface area contributed by atoms with Crippen LogP contribution in [0.2, 0.25) is 0 Å². The molecule has 0 amide bonds. The number of rotatable bonds is 0. The van der Waals surface area contributed by atoms with Crippen molar-refractivity contribution >= 4 is 11.6 Å². The Labute approximate surface area is 80.3 Å². The summed E-state index contributed by atoms with van der Waals surface area (Å²) >= 11 is 0. The lowest BCUT2D eigenvalue weighted by atomic mass is 10.1. The zero-order chi connectivity index (χ0) is 10.7. The fraction of sp³-hybridized carbons (Fsp3) is 0.455. The maximum Gasteiger partial charge on any atom is 0.225 e. The van der Waals surface area contributed by atoms with Gasteiger partial charge < -0.3 is 0 Å². The van der Waals surface area contributed by atoms with Crippen LogP contribution in [0.5, 0.6) is 0 Å². The van der Waals surface area contributed by atoms with Crippen LogP contribution in [0.15, 0.2) is 24.3 Å². The number of ketones is 2. The smallest absolute Gasteiger partial charge is 0.225 e. The van der Waals surface area contributed by atoms with E-state index >= 15 is 0 Å². The van der Waals surface area contributed by atoms with Gasteiger partial charge in [0.15, 0.2) is 0 Å². The van der Waals surface area contributed by atoms with Gasteiger partial charge in [-0.1, -0.05) is 46.3 Å². The van der Waals surface area contributed by atoms with E-state index in [1.807, 2.05) is 13.8 Å². The van der Waals surface area contributed by atoms with Crippen molar-refractivity contribution in [3.8, 4) is 0 Å². The molecule has 0 aromatic rings. The molecule has 2 heteroatoms. The van der Waals surface area contributed by atoms with Crippen LogP contribution >= 0.6 is 0 Å². The third-order valence-electron chi connectivity index (χ3n) is 0.849. The van der Waals surface area contributed by atoms with E-state index in [2.05, 4.69) is 13.8 Å². The molecule has 0 heterocycles. The van der Waals surface area contributed by atoms with Gasteiger partial charge >= 0.3 is 0 Å². The summed E-state index contributed by atoms with van der Waals surface area (Å²) in [6.45, 7) is 8.25. The van der Waals surface area contributed by atoms with E-state index in [1.54, 1.807) is 12.2 Å². The Kier molecular flexibility index (Phi) is 11.9. The third kappa shape index (κ3) is 8.73. The van der Waals surface area contributed by atoms with E-state index in [4.69, 9.17) is 0 Å². The molecule has 1 aliphatic rings. The standard InChI is InChI=1S/C6H4O2.C3H8.C2H6/c7-5-3-1-2-4-6(5)8;1-3-2;1-2/h1-4H;3H2,1-2H3;1-2H3. The fourth-order valence-corrected chi connectivity index (χ4v) is 0.450. The lowest BCUT2D eigenvalue weighted by Crippen LogP contribution is -2.08. The van der Waals surface area contributed by atoms with Crippen LogP contribution in [0.3, 0.4) is 0 Å². The highest BCUT2D eigenvalue weighted by Gasteiger charge is 2.06. The molecule has 0 radical (unpaired) electrons. The summed E-state index contributed by atoms with van der Waals surface area (Å²) < 4.78 is 0. The number of hydrogen-bond acceptors (Lipinski definition) is 2. The first kappa shape index (κ1) is 14.3. The van der Waals surface area contributed by atoms with Gasteiger partial charge in [-0.05, 0) is 12.2 Å². The zero-order valence-corrected chi connectivity index (χ0v) is 8.83. The van der Waals surface area contributed by atoms with Crippen LogP contribution in [0.4, 0.5) is 0 Å². The first-order valence-corrected chi connectivity index (χ1v) is 4.65. The molecule has 0 N–H and O–H groups in total. The van der Waals surface area contributed by atoms with Gasteiger partial charge in [0, 0.05) is 0 Å². The molecule has 0 unspecified atom stereocenters. The highest BCUT2D eigenvalue weighted by Crippen LogP contribution is 1.90. The highest BCUT2D eigenvalue weighted by atomic mass is 16.2. The minimum atomic E-state index is -0.437. The Morgan fingerprint density at radius 3 is 1.31 bits per heavy atom. The van der Waals surface area contributed by atoms with Gasteiger partial charge in [-0.25, -0.2) is 0 Å². The Bertz CT molecular complexity index is 178. The first-order chi connectivity index (χ1) is 6.22. The third-order valence-corrected chi connectivity index (χ3v) is 0.849. The average molecular weight is 182 g/mol. The molecule has 0 spiro atoms. The van der Waals surface area contributed by atoms with E-state index in [1.165, 1.54) is 18.6 Å². The van der Waals surface area contributed by atoms with Crippen molar-refractivity contribution in [1.29, 1.82) is 0 Å². The molecule has 1 aliphatic carbocycles. The molecule has 2 nitrogen and oxygen atoms in total. The molecule has 0 saturated heterocycles. The minimum absolute atomic E-state index is 0.437. The molecule has 13 heavy (non-hydrogen) atoms. The molecule has 0 bridgehead atoms. The maximum absolute atomic E-state index is 10.3. The SMILES string of the molecule is CC.CCC.O=C1C=CC=CC1=O. The largest absolute Gasteiger partial charge is 0.286 e. The Morgan fingerprint density at radius 2 is 1.15 bits per heavy atom. The summed E-state index contributed by atoms with van der Waals surface area (Å²) in [5.41, 5.74) is 0. The molecule has 1 rings (SSSR count). The van der Waals surface area contributed by atoms with Gasteiger partial charge in [0.25, 0.3) is 0 Å². The van der Waals surface area contributed by atoms with Crippen LogP contribution in [0, 0.1) is 0 Å². The molecule has 74 valence electrons. The van der Waals surface area contributed by atoms with Crippen LogP contribution in [0.25, 0.3) is 0 Å². The van der Waals surface area contributed by atoms with Crippen molar-refractivity contribution < 1.29 is 9.59 Å². The number of carbonyl (C=O) groups excluding carboxylic acids is 2. The number of carbonyl (C=O) groups is 2. The monoisotopic (exact) mass is 182 g/mol. The predicted octanol–water partition coefficient (Wildman–Crippen LogP) is 2.69. The van der Waals surface area contributed by atoms with Gasteiger partial charge in [0.1, 0.15) is 0 Å². The number of allylic oxidation sites excluding steroid dienone is 4. The normalized spacial score (nSPS) is 12.6. The Balaban J connectivity index is 0. The van der Waals surface area contributed by atoms with Gasteiger partial charge in [-0.15, -0.1) is 0 Å². The van der Waals surface area contributed by atoms with Crippen LogP contribution in [-0.2, 0) is 9.59 Å². The predicted molar refractivity (Wildman–Crippen MR) is 55.6 cm³/mol. The molecule has 0 saturated carbocycles. The van der Waals surface area contributed by atoms with E-state index in [9.17, 15) is 9.59 Å². The lowest BCUT2D eigenvalue weighted by Gasteiger charge is -1.88. The molecule has 0 fully saturated rings. The van der Waals surface area contributed by atoms with Crippen molar-refractivity contribution in [2.45, 2.75) is 34.1 Å². The number of hydrogen-bond donors (Lipinski definition) is 0. The molecule has 0 aromatic carbocycles. The lowest BCUT2D eigenvalue weighted by molar-refractivity contribution is -0.131. The highest BCUT2D eigenvalue weighted by molar-refractivity contribution is 6.46. The summed E-state index contributed by atoms with van der Waals surface area (Å²) in [7, 11) is 0. The average Bonchev–Trinajstić information content (AvgIpc) is 2.15. The van der Waals surface area contributed by atoms with Crippen molar-refractivity contribution in [3.63, 3.8) is 0 Å². The van der Waals surface area contributed by atoms with Crippen molar-refractivity contribution in [2.24, 2.45) is 0 Å². The maximum atomic E-state index is 10.3. The van der Waals surface area contributed by atoms with E-state index < -0.39 is 11.6 Å². The molecule has 0 aromatic heterocycles. The fourth-order valence-electron chi connectivity index (χ4n) is 0.450. The summed E-state index contributed by atoms with van der Waals surface area (Å²) in [6, 6.07) is 0. The first-order valence-electron chi connectivity index (χ1n) is 4.65. The van der Waals surface area contributed by atoms with Crippen molar-refractivity contribution in [3.05, 3.63) is 24.3 Å². The second kappa shape index (κ2) is 10.8. The minimum Gasteiger partial charge on any atom is -0.286 e. The second-order valence-corrected chi connectivity index (χ2v) is 2.15. The van der Waals surface area contributed by atoms with Gasteiger partial charge in [-0.2, -0.15) is 0 Å². The molecular weight excluding hydrogens is 164 g/mol. The Morgan fingerprint density at radius 1 is 0.923 bits per heavy atom. The summed E-state index contributed by atoms with van der Waals surface area (Å²) in [5, 5.41) is 0. The second-order valence-electron chi connectivity index (χ2n) is 2.15. The van der Waals surface area contributed by atoms with Crippen LogP contribution in [-0.4, -0.2) is 11.6 Å². The van der Waals surface area contributed by atoms with Gasteiger partial charge in [-0.3, -0.25) is 9.59 Å². The van der Waals surface area contributed by atoms with E-state index in [-0.39, 0.29) is 0 Å². The molecule has 0 aliphatic heterocycles. The van der Waals surface area contributed by atoms with E-state index in [0.29, 0.717) is 0 Å². The summed E-state index contributed by atoms with van der Waals surface area (Å²) in [4.78, 5) is 20.6. The van der Waals surface area contributed by atoms with Crippen LogP contribution < -0.4 is 0 Å². The topological polar surface area (TPSA) is 34.1 Å². The van der Waals surface area contributed by atoms with Gasteiger partial charge in [0.05, 0.1) is 0 Å². The quantitative estimate of drug-likeness (QED) is 0.426.